The lowest BCUT2D eigenvalue weighted by Crippen LogP contribution is -2.31. The van der Waals surface area contributed by atoms with E-state index in [2.05, 4.69) is 17.7 Å². The molecule has 1 saturated carbocycles. The van der Waals surface area contributed by atoms with Gasteiger partial charge in [0.15, 0.2) is 22.6 Å². The molecule has 10 nitrogen and oxygen atoms in total. The Kier molecular flexibility index (Phi) is 14.1. The maximum Gasteiger partial charge on any atom is 0.201 e. The van der Waals surface area contributed by atoms with Gasteiger partial charge in [-0.3, -0.25) is 5.84 Å². The summed E-state index contributed by atoms with van der Waals surface area (Å²) in [5.74, 6) is 4.33. The number of nitrogens with one attached hydrogen (secondary N) is 2. The summed E-state index contributed by atoms with van der Waals surface area (Å²) in [4.78, 5) is 9.50. The highest BCUT2D eigenvalue weighted by molar-refractivity contribution is 7.99. The number of aliphatic hydroxyl groups is 3. The van der Waals surface area contributed by atoms with Gasteiger partial charge in [0, 0.05) is 31.6 Å². The number of unbranched alkanes of at least 4 members (excludes halogenated alkanes) is 2. The van der Waals surface area contributed by atoms with Crippen molar-refractivity contribution in [2.24, 2.45) is 5.84 Å². The summed E-state index contributed by atoms with van der Waals surface area (Å²) in [7, 11) is 0. The van der Waals surface area contributed by atoms with Crippen molar-refractivity contribution in [3.8, 4) is 0 Å². The van der Waals surface area contributed by atoms with Gasteiger partial charge in [-0.05, 0) is 68.7 Å². The summed E-state index contributed by atoms with van der Waals surface area (Å²) in [5, 5.41) is 33.6. The number of benzene rings is 1. The number of aryl methyl sites for hydroxylation is 1. The van der Waals surface area contributed by atoms with E-state index in [1.165, 1.54) is 26.2 Å². The number of aromatic nitrogens is 2. The molecule has 44 heavy (non-hydrogen) atoms. The molecule has 1 heterocycles. The maximum atomic E-state index is 13.8. The van der Waals surface area contributed by atoms with Gasteiger partial charge in [0.05, 0.1) is 31.3 Å². The molecule has 13 heteroatoms. The molecule has 0 aliphatic heterocycles. The number of rotatable bonds is 20. The Morgan fingerprint density at radius 2 is 2.00 bits per heavy atom. The molecule has 7 N–H and O–H groups in total. The Hall–Kier alpha value is -2.55. The molecule has 0 amide bonds. The normalized spacial score (nSPS) is 18.2. The van der Waals surface area contributed by atoms with Gasteiger partial charge in [-0.15, -0.1) is 0 Å². The summed E-state index contributed by atoms with van der Waals surface area (Å²) in [6, 6.07) is 4.02. The lowest BCUT2D eigenvalue weighted by atomic mass is 9.99. The van der Waals surface area contributed by atoms with Crippen molar-refractivity contribution >= 4 is 23.3 Å². The number of thioether (sulfide) groups is 1. The van der Waals surface area contributed by atoms with Crippen LogP contribution in [0.15, 0.2) is 35.2 Å². The average Bonchev–Trinajstić information content (AvgIpc) is 3.74. The summed E-state index contributed by atoms with van der Waals surface area (Å²) < 4.78 is 38.3. The number of halogens is 2. The molecule has 3 rings (SSSR count). The van der Waals surface area contributed by atoms with Crippen LogP contribution < -0.4 is 16.6 Å². The molecule has 4 atom stereocenters. The van der Waals surface area contributed by atoms with Crippen LogP contribution in [-0.4, -0.2) is 68.3 Å². The molecule has 1 aromatic carbocycles. The second kappa shape index (κ2) is 17.2. The van der Waals surface area contributed by atoms with Gasteiger partial charge in [0.25, 0.3) is 0 Å². The molecule has 0 unspecified atom stereocenters. The second-order valence-electron chi connectivity index (χ2n) is 11.5. The van der Waals surface area contributed by atoms with Gasteiger partial charge >= 0.3 is 0 Å². The Morgan fingerprint density at radius 3 is 2.64 bits per heavy atom. The van der Waals surface area contributed by atoms with Crippen LogP contribution >= 0.6 is 11.8 Å². The Bertz CT molecular complexity index is 1230. The number of aliphatic hydroxyl groups excluding tert-OH is 2. The molecule has 2 aromatic rings. The Balaban J connectivity index is 1.68. The molecule has 0 spiro atoms. The molecular weight excluding hydrogens is 592 g/mol. The summed E-state index contributed by atoms with van der Waals surface area (Å²) >= 11 is 1.56. The molecule has 0 bridgehead atoms. The fourth-order valence-corrected chi connectivity index (χ4v) is 5.56. The van der Waals surface area contributed by atoms with Crippen LogP contribution in [0.25, 0.3) is 0 Å². The van der Waals surface area contributed by atoms with Crippen molar-refractivity contribution in [3.63, 3.8) is 0 Å². The highest BCUT2D eigenvalue weighted by Crippen LogP contribution is 2.44. The minimum atomic E-state index is -1.39. The minimum absolute atomic E-state index is 0.00461. The summed E-state index contributed by atoms with van der Waals surface area (Å²) in [6.45, 7) is 6.61. The quantitative estimate of drug-likeness (QED) is 0.0221. The number of ether oxygens (including phenoxy) is 2. The van der Waals surface area contributed by atoms with Crippen molar-refractivity contribution in [2.75, 3.05) is 29.7 Å². The zero-order chi connectivity index (χ0) is 32.3. The van der Waals surface area contributed by atoms with E-state index >= 15 is 0 Å². The van der Waals surface area contributed by atoms with Gasteiger partial charge in [-0.1, -0.05) is 31.2 Å². The van der Waals surface area contributed by atoms with E-state index in [9.17, 15) is 24.1 Å². The molecule has 1 fully saturated rings. The Labute approximate surface area is 262 Å². The Morgan fingerprint density at radius 1 is 1.23 bits per heavy atom. The van der Waals surface area contributed by atoms with Crippen LogP contribution in [0.3, 0.4) is 0 Å². The van der Waals surface area contributed by atoms with Crippen molar-refractivity contribution in [1.29, 1.82) is 0 Å². The third-order valence-corrected chi connectivity index (χ3v) is 8.15. The molecule has 0 saturated heterocycles. The molecule has 1 aliphatic carbocycles. The van der Waals surface area contributed by atoms with Crippen LogP contribution in [0.2, 0.25) is 0 Å². The zero-order valence-corrected chi connectivity index (χ0v) is 26.8. The fraction of sp³-hybridized carbons (Fsp3) is 0.613. The highest BCUT2D eigenvalue weighted by Gasteiger charge is 2.39. The highest BCUT2D eigenvalue weighted by atomic mass is 32.2. The van der Waals surface area contributed by atoms with Gasteiger partial charge < -0.3 is 35.5 Å². The second-order valence-corrected chi connectivity index (χ2v) is 12.6. The van der Waals surface area contributed by atoms with E-state index in [0.717, 1.165) is 55.2 Å². The largest absolute Gasteiger partial charge is 0.471 e. The van der Waals surface area contributed by atoms with Crippen LogP contribution in [0, 0.1) is 11.6 Å². The van der Waals surface area contributed by atoms with Gasteiger partial charge in [-0.25, -0.2) is 18.7 Å². The van der Waals surface area contributed by atoms with Gasteiger partial charge in [0.2, 0.25) is 5.79 Å². The SMILES string of the molecule is CCCSc1nc(CCCCC/C(=C\OC(C)(C)O)[C@@H](OCCO)[C@@H](C)O)c(NN)c(N[C@@H]2C[C@H]2c2ccc(F)c(F)c2)n1. The van der Waals surface area contributed by atoms with Crippen molar-refractivity contribution in [1.82, 2.24) is 9.97 Å². The molecule has 1 aliphatic rings. The van der Waals surface area contributed by atoms with Crippen LogP contribution in [-0.2, 0) is 15.9 Å². The van der Waals surface area contributed by atoms with E-state index in [1.807, 2.05) is 0 Å². The first kappa shape index (κ1) is 35.9. The fourth-order valence-electron chi connectivity index (χ4n) is 4.84. The lowest BCUT2D eigenvalue weighted by molar-refractivity contribution is -0.137. The molecule has 246 valence electrons. The van der Waals surface area contributed by atoms with E-state index < -0.39 is 29.6 Å². The van der Waals surface area contributed by atoms with Crippen molar-refractivity contribution < 1.29 is 33.6 Å². The molecule has 1 aromatic heterocycles. The maximum absolute atomic E-state index is 13.8. The van der Waals surface area contributed by atoms with E-state index in [1.54, 1.807) is 24.8 Å². The minimum Gasteiger partial charge on any atom is -0.471 e. The predicted octanol–water partition coefficient (Wildman–Crippen LogP) is 5.00. The topological polar surface area (TPSA) is 155 Å². The van der Waals surface area contributed by atoms with Crippen LogP contribution in [0.1, 0.15) is 83.4 Å². The monoisotopic (exact) mass is 639 g/mol. The number of nitrogens with zero attached hydrogens (tertiary/aromatic N) is 2. The van der Waals surface area contributed by atoms with E-state index in [4.69, 9.17) is 25.3 Å². The average molecular weight is 640 g/mol. The summed E-state index contributed by atoms with van der Waals surface area (Å²) in [6.07, 6.45) is 5.20. The van der Waals surface area contributed by atoms with Crippen LogP contribution in [0.4, 0.5) is 20.3 Å². The number of anilines is 2. The molecule has 0 radical (unpaired) electrons. The number of nitrogens with two attached hydrogens (primary N) is 1. The van der Waals surface area contributed by atoms with E-state index in [-0.39, 0.29) is 25.2 Å². The van der Waals surface area contributed by atoms with Crippen molar-refractivity contribution in [3.05, 3.63) is 52.9 Å². The smallest absolute Gasteiger partial charge is 0.201 e. The first-order chi connectivity index (χ1) is 21.0. The number of hydrogen-bond acceptors (Lipinski definition) is 11. The third kappa shape index (κ3) is 11.1. The third-order valence-electron chi connectivity index (χ3n) is 7.10. The first-order valence-corrected chi connectivity index (χ1v) is 16.2. The number of hydrogen-bond donors (Lipinski definition) is 6. The number of hydrazine groups is 1. The van der Waals surface area contributed by atoms with Gasteiger partial charge in [-0.2, -0.15) is 0 Å². The van der Waals surface area contributed by atoms with Crippen molar-refractivity contribution in [2.45, 2.75) is 108 Å². The van der Waals surface area contributed by atoms with Gasteiger partial charge in [0.1, 0.15) is 11.8 Å². The standard InChI is InChI=1S/C31H47F2N5O5S/c1-5-15-44-30-36-25(10-8-6-7-9-21(18-43-31(3,4)41)28(19(2)40)42-14-13-39)27(38-34)29(37-30)35-26-17-22(26)20-11-12-23(32)24(33)16-20/h11-12,16,18-19,22,26,28,38-41H,5-10,13-15,17,34H2,1-4H3,(H,35,36,37)/b21-18+/t19-,22+,26-,28+/m1/s1. The van der Waals surface area contributed by atoms with Crippen LogP contribution in [0.5, 0.6) is 0 Å². The predicted molar refractivity (Wildman–Crippen MR) is 168 cm³/mol. The zero-order valence-electron chi connectivity index (χ0n) is 26.0. The summed E-state index contributed by atoms with van der Waals surface area (Å²) in [5.41, 5.74) is 5.58. The lowest BCUT2D eigenvalue weighted by Gasteiger charge is -2.25. The first-order valence-electron chi connectivity index (χ1n) is 15.2. The van der Waals surface area contributed by atoms with E-state index in [0.29, 0.717) is 35.1 Å². The number of nitrogen functional groups attached to an aromatic ring is 1. The molecular formula is C31H47F2N5O5S.